The van der Waals surface area contributed by atoms with E-state index in [-0.39, 0.29) is 11.9 Å². The predicted octanol–water partition coefficient (Wildman–Crippen LogP) is -0.941. The second-order valence-electron chi connectivity index (χ2n) is 4.52. The minimum Gasteiger partial charge on any atom is -0.383 e. The van der Waals surface area contributed by atoms with E-state index in [4.69, 9.17) is 9.47 Å². The summed E-state index contributed by atoms with van der Waals surface area (Å²) in [5, 5.41) is 6.06. The van der Waals surface area contributed by atoms with Gasteiger partial charge in [0.2, 0.25) is 5.91 Å². The molecule has 1 atom stereocenters. The van der Waals surface area contributed by atoms with Gasteiger partial charge in [-0.1, -0.05) is 0 Å². The molecule has 1 heterocycles. The summed E-state index contributed by atoms with van der Waals surface area (Å²) in [6.45, 7) is 5.23. The number of carbonyl (C=O) groups is 1. The van der Waals surface area contributed by atoms with Crippen LogP contribution in [0.4, 0.5) is 0 Å². The number of nitrogens with zero attached hydrogens (tertiary/aromatic N) is 1. The van der Waals surface area contributed by atoms with Crippen LogP contribution >= 0.6 is 0 Å². The number of hydrogen-bond donors (Lipinski definition) is 2. The van der Waals surface area contributed by atoms with E-state index < -0.39 is 0 Å². The van der Waals surface area contributed by atoms with E-state index in [2.05, 4.69) is 22.6 Å². The Morgan fingerprint density at radius 3 is 3.06 bits per heavy atom. The van der Waals surface area contributed by atoms with Crippen molar-refractivity contribution in [2.45, 2.75) is 12.5 Å². The standard InChI is InChI=1S/C12H25N3O3/c1-15(7-9-17-2)6-3-4-14-12(16)11-10-18-8-5-13-11/h11,13H,3-10H2,1-2H3,(H,14,16). The fourth-order valence-corrected chi connectivity index (χ4v) is 1.78. The Kier molecular flexibility index (Phi) is 7.91. The summed E-state index contributed by atoms with van der Waals surface area (Å²) in [5.74, 6) is 0.0363. The number of hydrogen-bond acceptors (Lipinski definition) is 5. The molecular formula is C12H25N3O3. The number of nitrogens with one attached hydrogen (secondary N) is 2. The second kappa shape index (κ2) is 9.27. The number of methoxy groups -OCH3 is 1. The highest BCUT2D eigenvalue weighted by Crippen LogP contribution is 1.93. The first-order valence-corrected chi connectivity index (χ1v) is 6.50. The van der Waals surface area contributed by atoms with Crippen LogP contribution < -0.4 is 10.6 Å². The minimum absolute atomic E-state index is 0.0363. The third kappa shape index (κ3) is 6.30. The fourth-order valence-electron chi connectivity index (χ4n) is 1.78. The molecule has 6 nitrogen and oxygen atoms in total. The van der Waals surface area contributed by atoms with E-state index in [0.717, 1.165) is 32.7 Å². The molecule has 0 aliphatic carbocycles. The van der Waals surface area contributed by atoms with Gasteiger partial charge in [0.05, 0.1) is 19.8 Å². The molecule has 0 bridgehead atoms. The van der Waals surface area contributed by atoms with Gasteiger partial charge in [-0.2, -0.15) is 0 Å². The number of carbonyl (C=O) groups excluding carboxylic acids is 1. The van der Waals surface area contributed by atoms with Gasteiger partial charge in [-0.3, -0.25) is 4.79 Å². The molecule has 0 aromatic rings. The van der Waals surface area contributed by atoms with Crippen molar-refractivity contribution >= 4 is 5.91 Å². The van der Waals surface area contributed by atoms with Crippen LogP contribution in [0.2, 0.25) is 0 Å². The molecule has 1 aliphatic heterocycles. The summed E-state index contributed by atoms with van der Waals surface area (Å²) < 4.78 is 10.2. The Hall–Kier alpha value is -0.690. The van der Waals surface area contributed by atoms with E-state index in [0.29, 0.717) is 19.8 Å². The summed E-state index contributed by atoms with van der Waals surface area (Å²) in [7, 11) is 3.75. The Balaban J connectivity index is 2.01. The molecule has 0 spiro atoms. The zero-order chi connectivity index (χ0) is 13.2. The van der Waals surface area contributed by atoms with Gasteiger partial charge in [-0.25, -0.2) is 0 Å². The second-order valence-corrected chi connectivity index (χ2v) is 4.52. The smallest absolute Gasteiger partial charge is 0.239 e. The fraction of sp³-hybridized carbons (Fsp3) is 0.917. The van der Waals surface area contributed by atoms with Crippen LogP contribution in [0.5, 0.6) is 0 Å². The summed E-state index contributed by atoms with van der Waals surface area (Å²) in [6, 6.07) is -0.190. The Morgan fingerprint density at radius 1 is 1.56 bits per heavy atom. The summed E-state index contributed by atoms with van der Waals surface area (Å²) in [4.78, 5) is 13.9. The maximum absolute atomic E-state index is 11.7. The highest BCUT2D eigenvalue weighted by Gasteiger charge is 2.20. The average molecular weight is 259 g/mol. The molecule has 0 radical (unpaired) electrons. The van der Waals surface area contributed by atoms with Crippen LogP contribution in [0.1, 0.15) is 6.42 Å². The molecule has 0 aromatic carbocycles. The minimum atomic E-state index is -0.190. The molecule has 1 unspecified atom stereocenters. The monoisotopic (exact) mass is 259 g/mol. The quantitative estimate of drug-likeness (QED) is 0.551. The Bertz CT molecular complexity index is 233. The molecule has 1 rings (SSSR count). The summed E-state index contributed by atoms with van der Waals surface area (Å²) in [5.41, 5.74) is 0. The highest BCUT2D eigenvalue weighted by molar-refractivity contribution is 5.81. The topological polar surface area (TPSA) is 62.8 Å². The van der Waals surface area contributed by atoms with Gasteiger partial charge < -0.3 is 25.0 Å². The summed E-state index contributed by atoms with van der Waals surface area (Å²) >= 11 is 0. The van der Waals surface area contributed by atoms with E-state index in [1.807, 2.05) is 0 Å². The van der Waals surface area contributed by atoms with Crippen molar-refractivity contribution in [1.29, 1.82) is 0 Å². The third-order valence-corrected chi connectivity index (χ3v) is 2.93. The molecule has 106 valence electrons. The molecule has 2 N–H and O–H groups in total. The van der Waals surface area contributed by atoms with Gasteiger partial charge in [0.15, 0.2) is 0 Å². The van der Waals surface area contributed by atoms with Gasteiger partial charge in [0.25, 0.3) is 0 Å². The average Bonchev–Trinajstić information content (AvgIpc) is 2.42. The van der Waals surface area contributed by atoms with Crippen molar-refractivity contribution in [2.24, 2.45) is 0 Å². The van der Waals surface area contributed by atoms with Gasteiger partial charge in [-0.05, 0) is 20.0 Å². The van der Waals surface area contributed by atoms with Crippen molar-refractivity contribution in [3.05, 3.63) is 0 Å². The van der Waals surface area contributed by atoms with Crippen LogP contribution in [-0.4, -0.2) is 77.0 Å². The van der Waals surface area contributed by atoms with Crippen molar-refractivity contribution < 1.29 is 14.3 Å². The predicted molar refractivity (Wildman–Crippen MR) is 69.6 cm³/mol. The van der Waals surface area contributed by atoms with Crippen LogP contribution in [-0.2, 0) is 14.3 Å². The number of amides is 1. The van der Waals surface area contributed by atoms with Gasteiger partial charge in [-0.15, -0.1) is 0 Å². The Labute approximate surface area is 109 Å². The van der Waals surface area contributed by atoms with E-state index in [1.165, 1.54) is 0 Å². The molecule has 1 aliphatic rings. The first-order chi connectivity index (χ1) is 8.74. The molecule has 1 amide bonds. The first-order valence-electron chi connectivity index (χ1n) is 6.50. The number of likely N-dealkylation sites (N-methyl/N-ethyl adjacent to an activating group) is 1. The van der Waals surface area contributed by atoms with Crippen LogP contribution in [0, 0.1) is 0 Å². The molecular weight excluding hydrogens is 234 g/mol. The lowest BCUT2D eigenvalue weighted by atomic mass is 10.2. The van der Waals surface area contributed by atoms with Crippen molar-refractivity contribution in [1.82, 2.24) is 15.5 Å². The lowest BCUT2D eigenvalue weighted by Crippen LogP contribution is -2.51. The lowest BCUT2D eigenvalue weighted by molar-refractivity contribution is -0.125. The van der Waals surface area contributed by atoms with Crippen molar-refractivity contribution in [2.75, 3.05) is 60.2 Å². The van der Waals surface area contributed by atoms with Crippen LogP contribution in [0.15, 0.2) is 0 Å². The largest absolute Gasteiger partial charge is 0.383 e. The van der Waals surface area contributed by atoms with E-state index >= 15 is 0 Å². The molecule has 0 aromatic heterocycles. The van der Waals surface area contributed by atoms with Crippen LogP contribution in [0.25, 0.3) is 0 Å². The van der Waals surface area contributed by atoms with Gasteiger partial charge >= 0.3 is 0 Å². The molecule has 1 fully saturated rings. The van der Waals surface area contributed by atoms with Crippen molar-refractivity contribution in [3.8, 4) is 0 Å². The van der Waals surface area contributed by atoms with Crippen molar-refractivity contribution in [3.63, 3.8) is 0 Å². The zero-order valence-corrected chi connectivity index (χ0v) is 11.4. The molecule has 18 heavy (non-hydrogen) atoms. The van der Waals surface area contributed by atoms with Gasteiger partial charge in [0, 0.05) is 26.7 Å². The van der Waals surface area contributed by atoms with E-state index in [1.54, 1.807) is 7.11 Å². The SMILES string of the molecule is COCCN(C)CCCNC(=O)C1COCCN1. The normalized spacial score (nSPS) is 20.1. The Morgan fingerprint density at radius 2 is 2.39 bits per heavy atom. The molecule has 1 saturated heterocycles. The number of rotatable bonds is 8. The van der Waals surface area contributed by atoms with E-state index in [9.17, 15) is 4.79 Å². The first kappa shape index (κ1) is 15.4. The maximum Gasteiger partial charge on any atom is 0.239 e. The molecule has 0 saturated carbocycles. The van der Waals surface area contributed by atoms with Crippen LogP contribution in [0.3, 0.4) is 0 Å². The molecule has 6 heteroatoms. The van der Waals surface area contributed by atoms with Gasteiger partial charge in [0.1, 0.15) is 6.04 Å². The third-order valence-electron chi connectivity index (χ3n) is 2.93. The summed E-state index contributed by atoms with van der Waals surface area (Å²) in [6.07, 6.45) is 0.944. The number of morpholine rings is 1. The highest BCUT2D eigenvalue weighted by atomic mass is 16.5. The maximum atomic E-state index is 11.7. The number of ether oxygens (including phenoxy) is 2. The zero-order valence-electron chi connectivity index (χ0n) is 11.4. The lowest BCUT2D eigenvalue weighted by Gasteiger charge is -2.23.